The largest absolute Gasteiger partial charge is 0.374 e. The van der Waals surface area contributed by atoms with Crippen molar-refractivity contribution in [2.45, 2.75) is 32.4 Å². The lowest BCUT2D eigenvalue weighted by molar-refractivity contribution is 0.128. The van der Waals surface area contributed by atoms with Gasteiger partial charge in [0, 0.05) is 25.7 Å². The lowest BCUT2D eigenvalue weighted by Gasteiger charge is -2.24. The number of nitrogens with zero attached hydrogens (tertiary/aromatic N) is 3. The zero-order valence-corrected chi connectivity index (χ0v) is 10.9. The van der Waals surface area contributed by atoms with Crippen molar-refractivity contribution in [2.75, 3.05) is 31.1 Å². The summed E-state index contributed by atoms with van der Waals surface area (Å²) in [6.07, 6.45) is 2.61. The third-order valence-corrected chi connectivity index (χ3v) is 3.84. The summed E-state index contributed by atoms with van der Waals surface area (Å²) in [6.45, 7) is 6.45. The summed E-state index contributed by atoms with van der Waals surface area (Å²) in [5.74, 6) is 2.39. The van der Waals surface area contributed by atoms with Gasteiger partial charge in [0.1, 0.15) is 6.61 Å². The van der Waals surface area contributed by atoms with Gasteiger partial charge in [0.15, 0.2) is 5.82 Å². The molecule has 2 fully saturated rings. The predicted molar refractivity (Wildman–Crippen MR) is 68.4 cm³/mol. The molecule has 100 valence electrons. The van der Waals surface area contributed by atoms with Crippen LogP contribution in [0.25, 0.3) is 0 Å². The lowest BCUT2D eigenvalue weighted by atomic mass is 9.94. The van der Waals surface area contributed by atoms with Crippen LogP contribution in [0.2, 0.25) is 0 Å². The van der Waals surface area contributed by atoms with E-state index in [-0.39, 0.29) is 0 Å². The van der Waals surface area contributed by atoms with Gasteiger partial charge in [-0.1, -0.05) is 0 Å². The molecule has 2 atom stereocenters. The summed E-state index contributed by atoms with van der Waals surface area (Å²) in [5.41, 5.74) is 0. The Morgan fingerprint density at radius 1 is 1.44 bits per heavy atom. The lowest BCUT2D eigenvalue weighted by Crippen LogP contribution is -2.40. The molecule has 3 rings (SSSR count). The number of H-pyrrole nitrogens is 1. The fourth-order valence-electron chi connectivity index (χ4n) is 2.90. The summed E-state index contributed by atoms with van der Waals surface area (Å²) >= 11 is 0. The molecule has 6 nitrogen and oxygen atoms in total. The van der Waals surface area contributed by atoms with E-state index in [0.717, 1.165) is 37.3 Å². The van der Waals surface area contributed by atoms with E-state index in [2.05, 4.69) is 25.4 Å². The quantitative estimate of drug-likeness (QED) is 0.817. The first-order chi connectivity index (χ1) is 8.86. The molecule has 0 bridgehead atoms. The van der Waals surface area contributed by atoms with Crippen molar-refractivity contribution in [3.8, 4) is 0 Å². The molecule has 1 aromatic heterocycles. The van der Waals surface area contributed by atoms with Crippen LogP contribution in [0.15, 0.2) is 0 Å². The van der Waals surface area contributed by atoms with Gasteiger partial charge in [0.2, 0.25) is 5.95 Å². The van der Waals surface area contributed by atoms with Crippen LogP contribution < -0.4 is 10.2 Å². The average Bonchev–Trinajstić information content (AvgIpc) is 3.02. The highest BCUT2D eigenvalue weighted by atomic mass is 16.5. The van der Waals surface area contributed by atoms with Crippen molar-refractivity contribution >= 4 is 5.95 Å². The second-order valence-corrected chi connectivity index (χ2v) is 5.09. The van der Waals surface area contributed by atoms with Crippen LogP contribution in [0.5, 0.6) is 0 Å². The third kappa shape index (κ3) is 2.35. The minimum atomic E-state index is 0.516. The zero-order valence-electron chi connectivity index (χ0n) is 10.9. The molecule has 0 radical (unpaired) electrons. The maximum atomic E-state index is 5.33. The topological polar surface area (TPSA) is 66.1 Å². The van der Waals surface area contributed by atoms with Gasteiger partial charge >= 0.3 is 0 Å². The Hall–Kier alpha value is -1.14. The Labute approximate surface area is 107 Å². The summed E-state index contributed by atoms with van der Waals surface area (Å²) in [7, 11) is 0. The highest BCUT2D eigenvalue weighted by Gasteiger charge is 2.35. The van der Waals surface area contributed by atoms with Crippen LogP contribution in [0.4, 0.5) is 5.95 Å². The van der Waals surface area contributed by atoms with Crippen LogP contribution in [0.1, 0.15) is 25.6 Å². The van der Waals surface area contributed by atoms with Crippen LogP contribution in [-0.2, 0) is 11.3 Å². The minimum Gasteiger partial charge on any atom is -0.374 e. The van der Waals surface area contributed by atoms with Crippen LogP contribution in [0.3, 0.4) is 0 Å². The molecule has 2 aliphatic heterocycles. The van der Waals surface area contributed by atoms with Crippen LogP contribution >= 0.6 is 0 Å². The number of anilines is 1. The number of aromatic nitrogens is 3. The monoisotopic (exact) mass is 251 g/mol. The molecule has 2 aliphatic rings. The van der Waals surface area contributed by atoms with E-state index >= 15 is 0 Å². The van der Waals surface area contributed by atoms with E-state index in [9.17, 15) is 0 Å². The number of hydrogen-bond acceptors (Lipinski definition) is 5. The average molecular weight is 251 g/mol. The standard InChI is InChI=1S/C12H21N5O/c1-2-18-8-11-14-12(16-15-11)17-6-9-4-3-5-13-10(9)7-17/h9-10,13H,2-8H2,1H3,(H,14,15,16). The second kappa shape index (κ2) is 5.24. The normalized spacial score (nSPS) is 27.5. The molecule has 18 heavy (non-hydrogen) atoms. The molecular weight excluding hydrogens is 230 g/mol. The Morgan fingerprint density at radius 2 is 2.39 bits per heavy atom. The second-order valence-electron chi connectivity index (χ2n) is 5.09. The van der Waals surface area contributed by atoms with E-state index in [1.807, 2.05) is 6.92 Å². The van der Waals surface area contributed by atoms with Gasteiger partial charge < -0.3 is 15.0 Å². The Kier molecular flexibility index (Phi) is 3.47. The van der Waals surface area contributed by atoms with Crippen molar-refractivity contribution in [1.29, 1.82) is 0 Å². The maximum absolute atomic E-state index is 5.33. The van der Waals surface area contributed by atoms with Gasteiger partial charge in [-0.25, -0.2) is 0 Å². The third-order valence-electron chi connectivity index (χ3n) is 3.84. The number of fused-ring (bicyclic) bond motifs is 1. The molecule has 3 heterocycles. The molecule has 2 N–H and O–H groups in total. The number of piperidine rings is 1. The predicted octanol–water partition coefficient (Wildman–Crippen LogP) is 0.529. The Balaban J connectivity index is 1.63. The Bertz CT molecular complexity index is 380. The van der Waals surface area contributed by atoms with Crippen LogP contribution in [-0.4, -0.2) is 47.5 Å². The zero-order chi connectivity index (χ0) is 12.4. The van der Waals surface area contributed by atoms with Gasteiger partial charge in [-0.3, -0.25) is 5.10 Å². The molecule has 2 saturated heterocycles. The SMILES string of the molecule is CCOCc1nc(N2CC3CCCNC3C2)n[nH]1. The number of aromatic amines is 1. The number of hydrogen-bond donors (Lipinski definition) is 2. The van der Waals surface area contributed by atoms with E-state index in [1.165, 1.54) is 12.8 Å². The number of nitrogens with one attached hydrogen (secondary N) is 2. The summed E-state index contributed by atoms with van der Waals surface area (Å²) in [6, 6.07) is 0.618. The van der Waals surface area contributed by atoms with Crippen molar-refractivity contribution in [3.63, 3.8) is 0 Å². The summed E-state index contributed by atoms with van der Waals surface area (Å²) in [5, 5.41) is 10.8. The van der Waals surface area contributed by atoms with Crippen molar-refractivity contribution in [2.24, 2.45) is 5.92 Å². The molecule has 0 amide bonds. The molecule has 0 saturated carbocycles. The van der Waals surface area contributed by atoms with Crippen LogP contribution in [0, 0.1) is 5.92 Å². The molecule has 0 aliphatic carbocycles. The highest BCUT2D eigenvalue weighted by molar-refractivity contribution is 5.32. The van der Waals surface area contributed by atoms with E-state index in [1.54, 1.807) is 0 Å². The minimum absolute atomic E-state index is 0.516. The molecule has 2 unspecified atom stereocenters. The van der Waals surface area contributed by atoms with Gasteiger partial charge in [0.25, 0.3) is 0 Å². The summed E-state index contributed by atoms with van der Waals surface area (Å²) < 4.78 is 5.33. The maximum Gasteiger partial charge on any atom is 0.244 e. The van der Waals surface area contributed by atoms with Crippen molar-refractivity contribution in [1.82, 2.24) is 20.5 Å². The van der Waals surface area contributed by atoms with Gasteiger partial charge in [-0.2, -0.15) is 4.98 Å². The van der Waals surface area contributed by atoms with Gasteiger partial charge in [0.05, 0.1) is 0 Å². The molecular formula is C12H21N5O. The molecule has 6 heteroatoms. The molecule has 0 aromatic carbocycles. The van der Waals surface area contributed by atoms with E-state index in [4.69, 9.17) is 4.74 Å². The van der Waals surface area contributed by atoms with Crippen molar-refractivity contribution < 1.29 is 4.74 Å². The van der Waals surface area contributed by atoms with E-state index < -0.39 is 0 Å². The first kappa shape index (κ1) is 11.9. The number of ether oxygens (including phenoxy) is 1. The van der Waals surface area contributed by atoms with Gasteiger partial charge in [-0.05, 0) is 32.2 Å². The fraction of sp³-hybridized carbons (Fsp3) is 0.833. The molecule has 1 aromatic rings. The van der Waals surface area contributed by atoms with Gasteiger partial charge in [-0.15, -0.1) is 5.10 Å². The number of rotatable bonds is 4. The fourth-order valence-corrected chi connectivity index (χ4v) is 2.90. The van der Waals surface area contributed by atoms with E-state index in [0.29, 0.717) is 19.3 Å². The highest BCUT2D eigenvalue weighted by Crippen LogP contribution is 2.27. The summed E-state index contributed by atoms with van der Waals surface area (Å²) in [4.78, 5) is 6.77. The first-order valence-electron chi connectivity index (χ1n) is 6.84. The smallest absolute Gasteiger partial charge is 0.244 e. The van der Waals surface area contributed by atoms with Crippen molar-refractivity contribution in [3.05, 3.63) is 5.82 Å². The molecule has 0 spiro atoms. The first-order valence-corrected chi connectivity index (χ1v) is 6.84. The Morgan fingerprint density at radius 3 is 3.22 bits per heavy atom.